The minimum atomic E-state index is -0.0531. The highest BCUT2D eigenvalue weighted by atomic mass is 16.5. The van der Waals surface area contributed by atoms with Crippen molar-refractivity contribution in [1.29, 1.82) is 0 Å². The highest BCUT2D eigenvalue weighted by Crippen LogP contribution is 2.20. The van der Waals surface area contributed by atoms with Crippen molar-refractivity contribution in [3.63, 3.8) is 0 Å². The van der Waals surface area contributed by atoms with Gasteiger partial charge in [-0.1, -0.05) is 28.9 Å². The molecule has 0 N–H and O–H groups in total. The monoisotopic (exact) mass is 447 g/mol. The van der Waals surface area contributed by atoms with Crippen molar-refractivity contribution in [3.05, 3.63) is 82.2 Å². The molecule has 0 unspecified atom stereocenters. The van der Waals surface area contributed by atoms with Crippen LogP contribution >= 0.6 is 0 Å². The van der Waals surface area contributed by atoms with Crippen LogP contribution in [0.25, 0.3) is 0 Å². The van der Waals surface area contributed by atoms with Gasteiger partial charge in [0, 0.05) is 37.3 Å². The Morgan fingerprint density at radius 2 is 1.55 bits per heavy atom. The smallest absolute Gasteiger partial charge is 0.254 e. The summed E-state index contributed by atoms with van der Waals surface area (Å²) in [6, 6.07) is 14.8. The number of ether oxygens (including phenoxy) is 1. The number of benzene rings is 2. The summed E-state index contributed by atoms with van der Waals surface area (Å²) in [6.45, 7) is 8.30. The zero-order valence-corrected chi connectivity index (χ0v) is 19.3. The summed E-state index contributed by atoms with van der Waals surface area (Å²) in [7, 11) is 0. The molecule has 0 atom stereocenters. The first kappa shape index (κ1) is 22.6. The van der Waals surface area contributed by atoms with Crippen molar-refractivity contribution in [3.8, 4) is 5.75 Å². The zero-order valence-electron chi connectivity index (χ0n) is 19.3. The van der Waals surface area contributed by atoms with Gasteiger partial charge in [-0.2, -0.15) is 0 Å². The van der Waals surface area contributed by atoms with Crippen molar-refractivity contribution in [2.75, 3.05) is 26.2 Å². The Hall–Kier alpha value is -3.61. The Morgan fingerprint density at radius 1 is 0.909 bits per heavy atom. The normalized spacial score (nSPS) is 14.2. The Kier molecular flexibility index (Phi) is 6.77. The molecule has 1 aliphatic rings. The highest BCUT2D eigenvalue weighted by molar-refractivity contribution is 5.95. The number of nitrogens with zero attached hydrogens (tertiary/aromatic N) is 3. The second kappa shape index (κ2) is 9.90. The van der Waals surface area contributed by atoms with E-state index in [1.54, 1.807) is 12.1 Å². The van der Waals surface area contributed by atoms with Crippen LogP contribution in [-0.2, 0) is 6.61 Å². The molecule has 1 aromatic heterocycles. The summed E-state index contributed by atoms with van der Waals surface area (Å²) < 4.78 is 11.1. The molecule has 1 fully saturated rings. The van der Waals surface area contributed by atoms with Gasteiger partial charge in [-0.25, -0.2) is 0 Å². The van der Waals surface area contributed by atoms with Crippen LogP contribution in [0.1, 0.15) is 49.7 Å². The van der Waals surface area contributed by atoms with E-state index in [-0.39, 0.29) is 11.8 Å². The van der Waals surface area contributed by atoms with Crippen LogP contribution in [0.4, 0.5) is 0 Å². The maximum Gasteiger partial charge on any atom is 0.254 e. The van der Waals surface area contributed by atoms with Crippen molar-refractivity contribution >= 4 is 11.8 Å². The number of amides is 2. The molecular formula is C26H29N3O4. The largest absolute Gasteiger partial charge is 0.489 e. The lowest BCUT2D eigenvalue weighted by molar-refractivity contribution is 0.0718. The summed E-state index contributed by atoms with van der Waals surface area (Å²) >= 11 is 0. The standard InChI is InChI=1S/C26H29N3O4/c1-18-7-4-8-21(15-18)25(30)28-11-6-12-29(14-13-28)26(31)22-9-5-10-23(16-22)32-17-24-19(2)27-33-20(24)3/h4-5,7-10,15-16H,6,11-14,17H2,1-3H3. The lowest BCUT2D eigenvalue weighted by atomic mass is 10.1. The minimum absolute atomic E-state index is 0.0164. The number of aryl methyl sites for hydroxylation is 3. The fourth-order valence-corrected chi connectivity index (χ4v) is 4.05. The van der Waals surface area contributed by atoms with Gasteiger partial charge in [0.25, 0.3) is 11.8 Å². The predicted octanol–water partition coefficient (Wildman–Crippen LogP) is 4.17. The van der Waals surface area contributed by atoms with E-state index in [1.807, 2.05) is 67.0 Å². The molecule has 0 saturated carbocycles. The number of hydrogen-bond acceptors (Lipinski definition) is 5. The Bertz CT molecular complexity index is 1130. The second-order valence-corrected chi connectivity index (χ2v) is 8.43. The average molecular weight is 448 g/mol. The predicted molar refractivity (Wildman–Crippen MR) is 124 cm³/mol. The Morgan fingerprint density at radius 3 is 2.15 bits per heavy atom. The third-order valence-corrected chi connectivity index (χ3v) is 5.98. The number of aromatic nitrogens is 1. The first-order valence-electron chi connectivity index (χ1n) is 11.2. The maximum absolute atomic E-state index is 13.2. The molecule has 33 heavy (non-hydrogen) atoms. The van der Waals surface area contributed by atoms with Crippen molar-refractivity contribution in [2.24, 2.45) is 0 Å². The average Bonchev–Trinajstić information content (AvgIpc) is 3.00. The van der Waals surface area contributed by atoms with Crippen LogP contribution in [0.2, 0.25) is 0 Å². The van der Waals surface area contributed by atoms with E-state index in [0.717, 1.165) is 29.0 Å². The SMILES string of the molecule is Cc1cccc(C(=O)N2CCCN(C(=O)c3cccc(OCc4c(C)noc4C)c3)CC2)c1. The molecule has 2 aromatic carbocycles. The van der Waals surface area contributed by atoms with E-state index in [1.165, 1.54) is 0 Å². The van der Waals surface area contributed by atoms with E-state index >= 15 is 0 Å². The van der Waals surface area contributed by atoms with Gasteiger partial charge >= 0.3 is 0 Å². The van der Waals surface area contributed by atoms with Crippen molar-refractivity contribution in [1.82, 2.24) is 15.0 Å². The third kappa shape index (κ3) is 5.25. The van der Waals surface area contributed by atoms with Gasteiger partial charge in [-0.15, -0.1) is 0 Å². The van der Waals surface area contributed by atoms with Crippen LogP contribution < -0.4 is 4.74 Å². The van der Waals surface area contributed by atoms with Crippen LogP contribution in [0.5, 0.6) is 5.75 Å². The Labute approximate surface area is 193 Å². The summed E-state index contributed by atoms with van der Waals surface area (Å²) in [5.41, 5.74) is 4.04. The number of carbonyl (C=O) groups excluding carboxylic acids is 2. The molecule has 0 bridgehead atoms. The lowest BCUT2D eigenvalue weighted by Crippen LogP contribution is -2.37. The first-order valence-corrected chi connectivity index (χ1v) is 11.2. The van der Waals surface area contributed by atoms with Crippen molar-refractivity contribution in [2.45, 2.75) is 33.8 Å². The molecule has 1 aliphatic heterocycles. The molecule has 0 radical (unpaired) electrons. The van der Waals surface area contributed by atoms with Gasteiger partial charge in [0.1, 0.15) is 18.1 Å². The van der Waals surface area contributed by atoms with E-state index in [2.05, 4.69) is 5.16 Å². The molecule has 0 spiro atoms. The molecular weight excluding hydrogens is 418 g/mol. The summed E-state index contributed by atoms with van der Waals surface area (Å²) in [5, 5.41) is 3.94. The third-order valence-electron chi connectivity index (χ3n) is 5.98. The van der Waals surface area contributed by atoms with Gasteiger partial charge in [0.05, 0.1) is 11.3 Å². The molecule has 1 saturated heterocycles. The molecule has 2 amide bonds. The van der Waals surface area contributed by atoms with E-state index in [9.17, 15) is 9.59 Å². The maximum atomic E-state index is 13.2. The second-order valence-electron chi connectivity index (χ2n) is 8.43. The highest BCUT2D eigenvalue weighted by Gasteiger charge is 2.24. The zero-order chi connectivity index (χ0) is 23.4. The summed E-state index contributed by atoms with van der Waals surface area (Å²) in [4.78, 5) is 29.7. The van der Waals surface area contributed by atoms with Gasteiger partial charge in [0.2, 0.25) is 0 Å². The van der Waals surface area contributed by atoms with E-state index in [4.69, 9.17) is 9.26 Å². The number of hydrogen-bond donors (Lipinski definition) is 0. The minimum Gasteiger partial charge on any atom is -0.489 e. The summed E-state index contributed by atoms with van der Waals surface area (Å²) in [6.07, 6.45) is 0.742. The Balaban J connectivity index is 1.39. The molecule has 0 aliphatic carbocycles. The molecule has 7 nitrogen and oxygen atoms in total. The van der Waals surface area contributed by atoms with Gasteiger partial charge in [-0.05, 0) is 57.5 Å². The fraction of sp³-hybridized carbons (Fsp3) is 0.346. The van der Waals surface area contributed by atoms with Crippen molar-refractivity contribution < 1.29 is 18.8 Å². The fourth-order valence-electron chi connectivity index (χ4n) is 4.05. The van der Waals surface area contributed by atoms with Gasteiger partial charge in [0.15, 0.2) is 0 Å². The topological polar surface area (TPSA) is 75.9 Å². The van der Waals surface area contributed by atoms with E-state index in [0.29, 0.717) is 49.7 Å². The lowest BCUT2D eigenvalue weighted by Gasteiger charge is -2.22. The summed E-state index contributed by atoms with van der Waals surface area (Å²) in [5.74, 6) is 1.31. The molecule has 7 heteroatoms. The molecule has 2 heterocycles. The molecule has 3 aromatic rings. The van der Waals surface area contributed by atoms with Crippen LogP contribution in [0.15, 0.2) is 53.1 Å². The quantitative estimate of drug-likeness (QED) is 0.587. The van der Waals surface area contributed by atoms with Gasteiger partial charge in [-0.3, -0.25) is 9.59 Å². The number of rotatable bonds is 5. The van der Waals surface area contributed by atoms with Gasteiger partial charge < -0.3 is 19.1 Å². The number of carbonyl (C=O) groups is 2. The van der Waals surface area contributed by atoms with Crippen LogP contribution in [-0.4, -0.2) is 52.9 Å². The van der Waals surface area contributed by atoms with Crippen LogP contribution in [0.3, 0.4) is 0 Å². The van der Waals surface area contributed by atoms with E-state index < -0.39 is 0 Å². The molecule has 4 rings (SSSR count). The van der Waals surface area contributed by atoms with Crippen LogP contribution in [0, 0.1) is 20.8 Å². The molecule has 172 valence electrons. The first-order chi connectivity index (χ1) is 15.9.